The van der Waals surface area contributed by atoms with Crippen LogP contribution in [0.15, 0.2) is 36.4 Å². The Balaban J connectivity index is 1.21. The molecule has 0 aliphatic carbocycles. The summed E-state index contributed by atoms with van der Waals surface area (Å²) in [5.74, 6) is 0.100. The number of anilines is 1. The molecule has 0 aromatic heterocycles. The lowest BCUT2D eigenvalue weighted by atomic mass is 9.96. The first kappa shape index (κ1) is 22.5. The molecule has 0 spiro atoms. The third kappa shape index (κ3) is 4.82. The van der Waals surface area contributed by atoms with Crippen LogP contribution in [0.4, 0.5) is 5.69 Å². The number of carbonyl (C=O) groups is 2. The van der Waals surface area contributed by atoms with Crippen LogP contribution in [0, 0.1) is 0 Å². The van der Waals surface area contributed by atoms with E-state index in [1.807, 2.05) is 12.1 Å². The average molecular weight is 465 g/mol. The molecule has 3 aliphatic rings. The summed E-state index contributed by atoms with van der Waals surface area (Å²) in [5, 5.41) is 5.58. The first-order chi connectivity index (χ1) is 16.6. The molecule has 180 valence electrons. The number of carbonyl (C=O) groups excluding carboxylic acids is 2. The van der Waals surface area contributed by atoms with E-state index in [0.717, 1.165) is 50.9 Å². The fourth-order valence-electron chi connectivity index (χ4n) is 5.11. The largest absolute Gasteiger partial charge is 0.454 e. The zero-order valence-corrected chi connectivity index (χ0v) is 19.6. The summed E-state index contributed by atoms with van der Waals surface area (Å²) < 4.78 is 10.7. The molecule has 3 aliphatic heterocycles. The zero-order valence-electron chi connectivity index (χ0n) is 19.6. The van der Waals surface area contributed by atoms with Gasteiger partial charge < -0.3 is 25.0 Å². The minimum Gasteiger partial charge on any atom is -0.454 e. The SMILES string of the molecule is CN1CCCc2cc([C@H](CNC(=O)C(=O)NCc3ccc4c(c3)OCO4)N3CCCC3)ccc21. The summed E-state index contributed by atoms with van der Waals surface area (Å²) in [7, 11) is 2.14. The van der Waals surface area contributed by atoms with Crippen molar-refractivity contribution in [2.75, 3.05) is 44.9 Å². The van der Waals surface area contributed by atoms with Crippen molar-refractivity contribution in [2.45, 2.75) is 38.3 Å². The van der Waals surface area contributed by atoms with Gasteiger partial charge >= 0.3 is 11.8 Å². The van der Waals surface area contributed by atoms with Crippen LogP contribution >= 0.6 is 0 Å². The van der Waals surface area contributed by atoms with E-state index in [4.69, 9.17) is 9.47 Å². The highest BCUT2D eigenvalue weighted by Crippen LogP contribution is 2.33. The number of hydrogen-bond donors (Lipinski definition) is 2. The molecule has 0 unspecified atom stereocenters. The molecular formula is C26H32N4O4. The minimum atomic E-state index is -0.634. The monoisotopic (exact) mass is 464 g/mol. The van der Waals surface area contributed by atoms with Gasteiger partial charge in [0.2, 0.25) is 6.79 Å². The van der Waals surface area contributed by atoms with Crippen LogP contribution in [0.25, 0.3) is 0 Å². The Labute approximate surface area is 200 Å². The fraction of sp³-hybridized carbons (Fsp3) is 0.462. The van der Waals surface area contributed by atoms with Crippen molar-refractivity contribution in [3.8, 4) is 11.5 Å². The van der Waals surface area contributed by atoms with E-state index in [2.05, 4.69) is 45.7 Å². The summed E-state index contributed by atoms with van der Waals surface area (Å²) in [6, 6.07) is 12.2. The first-order valence-electron chi connectivity index (χ1n) is 12.1. The Morgan fingerprint density at radius 1 is 0.941 bits per heavy atom. The van der Waals surface area contributed by atoms with Gasteiger partial charge in [-0.2, -0.15) is 0 Å². The molecule has 8 nitrogen and oxygen atoms in total. The second-order valence-corrected chi connectivity index (χ2v) is 9.25. The number of hydrogen-bond acceptors (Lipinski definition) is 6. The normalized spacial score (nSPS) is 17.9. The minimum absolute atomic E-state index is 0.0608. The van der Waals surface area contributed by atoms with Gasteiger partial charge in [-0.3, -0.25) is 14.5 Å². The van der Waals surface area contributed by atoms with Gasteiger partial charge in [0.05, 0.1) is 6.04 Å². The van der Waals surface area contributed by atoms with Gasteiger partial charge in [-0.25, -0.2) is 0 Å². The van der Waals surface area contributed by atoms with Gasteiger partial charge in [0.25, 0.3) is 0 Å². The van der Waals surface area contributed by atoms with Gasteiger partial charge in [0.1, 0.15) is 0 Å². The molecular weight excluding hydrogens is 432 g/mol. The zero-order chi connectivity index (χ0) is 23.5. The average Bonchev–Trinajstić information content (AvgIpc) is 3.55. The highest BCUT2D eigenvalue weighted by Gasteiger charge is 2.26. The number of nitrogens with zero attached hydrogens (tertiary/aromatic N) is 2. The van der Waals surface area contributed by atoms with E-state index in [0.29, 0.717) is 18.0 Å². The molecule has 3 heterocycles. The topological polar surface area (TPSA) is 83.1 Å². The molecule has 0 radical (unpaired) electrons. The first-order valence-corrected chi connectivity index (χ1v) is 12.1. The molecule has 0 bridgehead atoms. The third-order valence-corrected chi connectivity index (χ3v) is 6.97. The van der Waals surface area contributed by atoms with Crippen LogP contribution in [0.3, 0.4) is 0 Å². The van der Waals surface area contributed by atoms with Crippen molar-refractivity contribution in [1.29, 1.82) is 0 Å². The van der Waals surface area contributed by atoms with Crippen LogP contribution in [-0.4, -0.2) is 56.7 Å². The Kier molecular flexibility index (Phi) is 6.58. The van der Waals surface area contributed by atoms with E-state index in [-0.39, 0.29) is 19.4 Å². The summed E-state index contributed by atoms with van der Waals surface area (Å²) >= 11 is 0. The number of likely N-dealkylation sites (tertiary alicyclic amines) is 1. The van der Waals surface area contributed by atoms with E-state index in [1.165, 1.54) is 16.8 Å². The molecule has 2 aromatic carbocycles. The molecule has 1 fully saturated rings. The van der Waals surface area contributed by atoms with Crippen LogP contribution in [0.2, 0.25) is 0 Å². The van der Waals surface area contributed by atoms with Crippen LogP contribution in [0.5, 0.6) is 11.5 Å². The molecule has 5 rings (SSSR count). The summed E-state index contributed by atoms with van der Waals surface area (Å²) in [6.45, 7) is 3.95. The second kappa shape index (κ2) is 9.93. The second-order valence-electron chi connectivity index (χ2n) is 9.25. The number of benzene rings is 2. The Morgan fingerprint density at radius 3 is 2.59 bits per heavy atom. The van der Waals surface area contributed by atoms with Crippen LogP contribution < -0.4 is 25.0 Å². The van der Waals surface area contributed by atoms with Crippen molar-refractivity contribution in [1.82, 2.24) is 15.5 Å². The highest BCUT2D eigenvalue weighted by molar-refractivity contribution is 6.35. The van der Waals surface area contributed by atoms with E-state index >= 15 is 0 Å². The molecule has 34 heavy (non-hydrogen) atoms. The molecule has 1 atom stereocenters. The van der Waals surface area contributed by atoms with Gasteiger partial charge in [-0.1, -0.05) is 18.2 Å². The van der Waals surface area contributed by atoms with E-state index < -0.39 is 11.8 Å². The lowest BCUT2D eigenvalue weighted by Crippen LogP contribution is -2.43. The maximum atomic E-state index is 12.6. The summed E-state index contributed by atoms with van der Waals surface area (Å²) in [6.07, 6.45) is 4.55. The van der Waals surface area contributed by atoms with Crippen LogP contribution in [0.1, 0.15) is 42.0 Å². The van der Waals surface area contributed by atoms with Gasteiger partial charge in [-0.05, 0) is 73.7 Å². The maximum Gasteiger partial charge on any atom is 0.309 e. The molecule has 2 amide bonds. The van der Waals surface area contributed by atoms with Crippen molar-refractivity contribution in [2.24, 2.45) is 0 Å². The number of rotatable bonds is 6. The van der Waals surface area contributed by atoms with Crippen molar-refractivity contribution >= 4 is 17.5 Å². The van der Waals surface area contributed by atoms with Gasteiger partial charge in [-0.15, -0.1) is 0 Å². The smallest absolute Gasteiger partial charge is 0.309 e. The van der Waals surface area contributed by atoms with Crippen LogP contribution in [-0.2, 0) is 22.6 Å². The van der Waals surface area contributed by atoms with Crippen molar-refractivity contribution < 1.29 is 19.1 Å². The van der Waals surface area contributed by atoms with E-state index in [9.17, 15) is 9.59 Å². The maximum absolute atomic E-state index is 12.6. The number of amides is 2. The number of nitrogens with one attached hydrogen (secondary N) is 2. The third-order valence-electron chi connectivity index (χ3n) is 6.97. The molecule has 1 saturated heterocycles. The Bertz CT molecular complexity index is 1070. The number of aryl methyl sites for hydroxylation is 1. The van der Waals surface area contributed by atoms with Gasteiger partial charge in [0, 0.05) is 32.4 Å². The van der Waals surface area contributed by atoms with Gasteiger partial charge in [0.15, 0.2) is 11.5 Å². The Morgan fingerprint density at radius 2 is 1.74 bits per heavy atom. The van der Waals surface area contributed by atoms with Crippen molar-refractivity contribution in [3.63, 3.8) is 0 Å². The predicted molar refractivity (Wildman–Crippen MR) is 129 cm³/mol. The molecule has 2 N–H and O–H groups in total. The predicted octanol–water partition coefficient (Wildman–Crippen LogP) is 2.37. The highest BCUT2D eigenvalue weighted by atomic mass is 16.7. The van der Waals surface area contributed by atoms with E-state index in [1.54, 1.807) is 6.07 Å². The fourth-order valence-corrected chi connectivity index (χ4v) is 5.11. The number of fused-ring (bicyclic) bond motifs is 2. The number of ether oxygens (including phenoxy) is 2. The molecule has 0 saturated carbocycles. The lowest BCUT2D eigenvalue weighted by Gasteiger charge is -2.31. The standard InChI is InChI=1S/C26H32N4O4/c1-29-10-4-5-19-14-20(7-8-21(19)29)22(30-11-2-3-12-30)16-28-26(32)25(31)27-15-18-6-9-23-24(13-18)34-17-33-23/h6-9,13-14,22H,2-5,10-12,15-17H2,1H3,(H,27,31)(H,28,32)/t22-/m0/s1. The molecule has 8 heteroatoms. The Hall–Kier alpha value is -3.26. The summed E-state index contributed by atoms with van der Waals surface area (Å²) in [4.78, 5) is 29.8. The van der Waals surface area contributed by atoms with Crippen molar-refractivity contribution in [3.05, 3.63) is 53.1 Å². The quantitative estimate of drug-likeness (QED) is 0.639. The molecule has 2 aromatic rings. The lowest BCUT2D eigenvalue weighted by molar-refractivity contribution is -0.139. The summed E-state index contributed by atoms with van der Waals surface area (Å²) in [5.41, 5.74) is 4.71.